The van der Waals surface area contributed by atoms with E-state index in [1.165, 1.54) is 4.90 Å². The Balaban J connectivity index is 1.09. The van der Waals surface area contributed by atoms with Crippen molar-refractivity contribution in [2.24, 2.45) is 17.8 Å². The number of aliphatic hydroxyl groups is 3. The van der Waals surface area contributed by atoms with E-state index in [1.54, 1.807) is 0 Å². The molecule has 2 amide bonds. The Morgan fingerprint density at radius 2 is 1.60 bits per heavy atom. The fourth-order valence-corrected chi connectivity index (χ4v) is 6.56. The first-order valence-electron chi connectivity index (χ1n) is 15.3. The molecule has 4 aliphatic rings. The van der Waals surface area contributed by atoms with E-state index in [0.29, 0.717) is 12.5 Å². The first-order chi connectivity index (χ1) is 20.2. The zero-order valence-electron chi connectivity index (χ0n) is 24.2. The molecule has 42 heavy (non-hydrogen) atoms. The second-order valence-corrected chi connectivity index (χ2v) is 13.2. The summed E-state index contributed by atoms with van der Waals surface area (Å²) in [5.74, 6) is -1.92. The van der Waals surface area contributed by atoms with Crippen molar-refractivity contribution in [2.45, 2.75) is 80.6 Å². The van der Waals surface area contributed by atoms with Crippen LogP contribution in [0.15, 0.2) is 0 Å². The number of rotatable bonds is 13. The van der Waals surface area contributed by atoms with Gasteiger partial charge in [0, 0.05) is 71.1 Å². The van der Waals surface area contributed by atoms with Crippen LogP contribution < -0.4 is 16.0 Å². The molecule has 2 unspecified atom stereocenters. The topological polar surface area (TPSA) is 147 Å². The minimum Gasteiger partial charge on any atom is -0.394 e. The van der Waals surface area contributed by atoms with Gasteiger partial charge >= 0.3 is 0 Å². The second kappa shape index (κ2) is 15.7. The maximum Gasteiger partial charge on any atom is 0.227 e. The van der Waals surface area contributed by atoms with Crippen molar-refractivity contribution in [1.82, 2.24) is 25.8 Å². The van der Waals surface area contributed by atoms with Gasteiger partial charge in [-0.05, 0) is 31.6 Å². The zero-order chi connectivity index (χ0) is 30.3. The Morgan fingerprint density at radius 3 is 2.17 bits per heavy atom. The summed E-state index contributed by atoms with van der Waals surface area (Å²) in [6.07, 6.45) is 0.684. The summed E-state index contributed by atoms with van der Waals surface area (Å²) in [4.78, 5) is 28.8. The van der Waals surface area contributed by atoms with Gasteiger partial charge in [-0.25, -0.2) is 8.78 Å². The van der Waals surface area contributed by atoms with Crippen LogP contribution in [0.4, 0.5) is 8.78 Å². The number of hydrogen-bond acceptors (Lipinski definition) is 9. The van der Waals surface area contributed by atoms with Crippen molar-refractivity contribution in [2.75, 3.05) is 65.7 Å². The molecular formula is C28H48ClF2N5O6. The van der Waals surface area contributed by atoms with Crippen LogP contribution in [-0.4, -0.2) is 138 Å². The number of nitrogens with zero attached hydrogens (tertiary/aromatic N) is 2. The fraction of sp³-hybridized carbons (Fsp3) is 0.929. The van der Waals surface area contributed by atoms with Gasteiger partial charge in [0.2, 0.25) is 11.8 Å². The predicted octanol–water partition coefficient (Wildman–Crippen LogP) is -0.286. The lowest BCUT2D eigenvalue weighted by atomic mass is 9.81. The Morgan fingerprint density at radius 1 is 1.00 bits per heavy atom. The number of aliphatic hydroxyl groups excluding tert-OH is 3. The van der Waals surface area contributed by atoms with Crippen LogP contribution in [-0.2, 0) is 14.3 Å². The van der Waals surface area contributed by atoms with Crippen LogP contribution in [0.1, 0.15) is 44.9 Å². The third kappa shape index (κ3) is 8.71. The molecule has 0 aromatic carbocycles. The minimum atomic E-state index is -1.54. The number of alkyl halides is 3. The highest BCUT2D eigenvalue weighted by Crippen LogP contribution is 2.35. The van der Waals surface area contributed by atoms with E-state index in [9.17, 15) is 33.7 Å². The third-order valence-corrected chi connectivity index (χ3v) is 9.72. The van der Waals surface area contributed by atoms with Crippen molar-refractivity contribution in [1.29, 1.82) is 0 Å². The number of halogens is 3. The second-order valence-electron chi connectivity index (χ2n) is 12.5. The molecule has 14 heteroatoms. The van der Waals surface area contributed by atoms with E-state index < -0.39 is 67.5 Å². The molecule has 11 nitrogen and oxygen atoms in total. The molecule has 3 saturated heterocycles. The van der Waals surface area contributed by atoms with Gasteiger partial charge in [-0.1, -0.05) is 0 Å². The van der Waals surface area contributed by atoms with Gasteiger partial charge in [0.05, 0.1) is 37.2 Å². The molecule has 0 bridgehead atoms. The highest BCUT2D eigenvalue weighted by atomic mass is 35.5. The molecular weight excluding hydrogens is 576 g/mol. The molecule has 0 aromatic heterocycles. The molecule has 242 valence electrons. The standard InChI is InChI=1S/C28H48ClF2N5O6/c29-20-11-32-27(33-12-20)35-5-3-18(4-6-35)2-1-7-42-21-8-23(30)22(24(31)9-21)10-25(40)36-13-19(14-36)26(41)34-28(15-37,16-38)17-39/h18-24,27,32-33,37-39H,1-17H2,(H,34,41). The van der Waals surface area contributed by atoms with Crippen LogP contribution in [0, 0.1) is 17.8 Å². The summed E-state index contributed by atoms with van der Waals surface area (Å²) in [7, 11) is 0. The number of carbonyl (C=O) groups is 2. The molecule has 6 N–H and O–H groups in total. The number of likely N-dealkylation sites (tertiary alicyclic amines) is 2. The molecule has 3 aliphatic heterocycles. The molecule has 4 fully saturated rings. The number of piperidine rings is 1. The molecule has 3 heterocycles. The predicted molar refractivity (Wildman–Crippen MR) is 152 cm³/mol. The van der Waals surface area contributed by atoms with Crippen molar-refractivity contribution >= 4 is 23.4 Å². The summed E-state index contributed by atoms with van der Waals surface area (Å²) in [6, 6.07) is 0. The third-order valence-electron chi connectivity index (χ3n) is 9.41. The lowest BCUT2D eigenvalue weighted by Gasteiger charge is -2.42. The maximum atomic E-state index is 15.0. The molecule has 1 aliphatic carbocycles. The summed E-state index contributed by atoms with van der Waals surface area (Å²) in [5.41, 5.74) is -1.54. The Bertz CT molecular complexity index is 849. The van der Waals surface area contributed by atoms with Gasteiger partial charge in [0.25, 0.3) is 0 Å². The smallest absolute Gasteiger partial charge is 0.227 e. The molecule has 4 rings (SSSR count). The summed E-state index contributed by atoms with van der Waals surface area (Å²) in [6.45, 7) is 2.34. The highest BCUT2D eigenvalue weighted by Gasteiger charge is 2.44. The van der Waals surface area contributed by atoms with Gasteiger partial charge < -0.3 is 30.3 Å². The number of carbonyl (C=O) groups excluding carboxylic acids is 2. The first-order valence-corrected chi connectivity index (χ1v) is 15.8. The molecule has 1 saturated carbocycles. The summed E-state index contributed by atoms with van der Waals surface area (Å²) < 4.78 is 35.8. The number of ether oxygens (including phenoxy) is 1. The average Bonchev–Trinajstić information content (AvgIpc) is 2.96. The number of amides is 2. The van der Waals surface area contributed by atoms with Gasteiger partial charge in [-0.3, -0.25) is 25.1 Å². The van der Waals surface area contributed by atoms with E-state index in [-0.39, 0.29) is 44.0 Å². The zero-order valence-corrected chi connectivity index (χ0v) is 25.0. The summed E-state index contributed by atoms with van der Waals surface area (Å²) >= 11 is 6.13. The average molecular weight is 624 g/mol. The Kier molecular flexibility index (Phi) is 12.6. The van der Waals surface area contributed by atoms with Gasteiger partial charge in [-0.2, -0.15) is 0 Å². The van der Waals surface area contributed by atoms with Crippen LogP contribution >= 0.6 is 11.6 Å². The minimum absolute atomic E-state index is 0.0674. The first kappa shape index (κ1) is 33.7. The fourth-order valence-electron chi connectivity index (χ4n) is 6.38. The van der Waals surface area contributed by atoms with E-state index in [2.05, 4.69) is 20.9 Å². The SMILES string of the molecule is O=C(NC(CO)(CO)CO)C1CN(C(=O)CC2C(F)CC(OCCCC3CCN(C4NCC(Cl)CN4)CC3)CC2F)C1. The van der Waals surface area contributed by atoms with Crippen LogP contribution in [0.5, 0.6) is 0 Å². The maximum absolute atomic E-state index is 15.0. The molecule has 0 aromatic rings. The lowest BCUT2D eigenvalue weighted by molar-refractivity contribution is -0.147. The molecule has 0 radical (unpaired) electrons. The normalized spacial score (nSPS) is 32.0. The quantitative estimate of drug-likeness (QED) is 0.120. The van der Waals surface area contributed by atoms with E-state index in [0.717, 1.165) is 51.9 Å². The van der Waals surface area contributed by atoms with E-state index in [4.69, 9.17) is 16.3 Å². The van der Waals surface area contributed by atoms with Crippen molar-refractivity contribution < 1.29 is 38.4 Å². The van der Waals surface area contributed by atoms with Crippen LogP contribution in [0.2, 0.25) is 0 Å². The Labute approximate surface area is 251 Å². The van der Waals surface area contributed by atoms with Crippen LogP contribution in [0.3, 0.4) is 0 Å². The van der Waals surface area contributed by atoms with Gasteiger partial charge in [0.1, 0.15) is 24.2 Å². The van der Waals surface area contributed by atoms with E-state index in [1.807, 2.05) is 0 Å². The lowest BCUT2D eigenvalue weighted by Crippen LogP contribution is -2.63. The number of hydrogen-bond donors (Lipinski definition) is 6. The Hall–Kier alpha value is -1.19. The van der Waals surface area contributed by atoms with Gasteiger partial charge in [0.15, 0.2) is 0 Å². The number of nitrogens with one attached hydrogen (secondary N) is 3. The highest BCUT2D eigenvalue weighted by molar-refractivity contribution is 6.21. The monoisotopic (exact) mass is 623 g/mol. The van der Waals surface area contributed by atoms with Crippen molar-refractivity contribution in [3.63, 3.8) is 0 Å². The van der Waals surface area contributed by atoms with Crippen molar-refractivity contribution in [3.8, 4) is 0 Å². The van der Waals surface area contributed by atoms with Crippen LogP contribution in [0.25, 0.3) is 0 Å². The van der Waals surface area contributed by atoms with Gasteiger partial charge in [-0.15, -0.1) is 11.6 Å². The van der Waals surface area contributed by atoms with E-state index >= 15 is 0 Å². The largest absolute Gasteiger partial charge is 0.394 e. The van der Waals surface area contributed by atoms with Crippen molar-refractivity contribution in [3.05, 3.63) is 0 Å². The molecule has 0 spiro atoms. The molecule has 2 atom stereocenters. The summed E-state index contributed by atoms with van der Waals surface area (Å²) in [5, 5.41) is 37.5.